The van der Waals surface area contributed by atoms with Gasteiger partial charge in [0, 0.05) is 45.0 Å². The monoisotopic (exact) mass is 499 g/mol. The van der Waals surface area contributed by atoms with Crippen molar-refractivity contribution in [1.29, 1.82) is 0 Å². The topological polar surface area (TPSA) is 53.0 Å². The lowest BCUT2D eigenvalue weighted by molar-refractivity contribution is 0.370. The molecule has 0 saturated carbocycles. The number of benzene rings is 1. The van der Waals surface area contributed by atoms with Crippen LogP contribution < -0.4 is 15.0 Å². The quantitative estimate of drug-likeness (QED) is 0.390. The minimum absolute atomic E-state index is 0. The molecule has 0 aliphatic carbocycles. The molecule has 0 amide bonds. The number of anilines is 1. The van der Waals surface area contributed by atoms with Crippen LogP contribution in [0.3, 0.4) is 0 Å². The van der Waals surface area contributed by atoms with E-state index in [0.717, 1.165) is 44.2 Å². The van der Waals surface area contributed by atoms with Gasteiger partial charge in [-0.1, -0.05) is 12.1 Å². The van der Waals surface area contributed by atoms with E-state index in [-0.39, 0.29) is 29.8 Å². The highest BCUT2D eigenvalue weighted by molar-refractivity contribution is 14.0. The first-order chi connectivity index (χ1) is 13.2. The van der Waals surface area contributed by atoms with Crippen molar-refractivity contribution in [1.82, 2.24) is 15.2 Å². The maximum Gasteiger partial charge on any atom is 0.213 e. The molecule has 2 heterocycles. The number of methoxy groups -OCH3 is 1. The second-order valence-corrected chi connectivity index (χ2v) is 6.30. The van der Waals surface area contributed by atoms with Crippen LogP contribution in [0, 0.1) is 5.82 Å². The van der Waals surface area contributed by atoms with E-state index in [9.17, 15) is 4.39 Å². The summed E-state index contributed by atoms with van der Waals surface area (Å²) in [7, 11) is 1.61. The predicted octanol–water partition coefficient (Wildman–Crippen LogP) is 3.14. The van der Waals surface area contributed by atoms with Crippen LogP contribution in [-0.2, 0) is 6.54 Å². The van der Waals surface area contributed by atoms with E-state index in [4.69, 9.17) is 9.73 Å². The Morgan fingerprint density at radius 2 is 1.96 bits per heavy atom. The number of hydrogen-bond donors (Lipinski definition) is 1. The number of aromatic nitrogens is 1. The Bertz CT molecular complexity index is 781. The van der Waals surface area contributed by atoms with Crippen molar-refractivity contribution in [2.75, 3.05) is 44.7 Å². The first kappa shape index (κ1) is 22.2. The molecule has 0 unspecified atom stereocenters. The summed E-state index contributed by atoms with van der Waals surface area (Å²) in [6.07, 6.45) is 1.73. The van der Waals surface area contributed by atoms with E-state index >= 15 is 0 Å². The highest BCUT2D eigenvalue weighted by Gasteiger charge is 2.21. The molecule has 1 aromatic carbocycles. The lowest BCUT2D eigenvalue weighted by Gasteiger charge is -2.37. The average molecular weight is 499 g/mol. The van der Waals surface area contributed by atoms with Crippen LogP contribution in [0.15, 0.2) is 47.6 Å². The molecule has 6 nitrogen and oxygen atoms in total. The van der Waals surface area contributed by atoms with Gasteiger partial charge in [-0.2, -0.15) is 0 Å². The molecule has 3 rings (SSSR count). The Morgan fingerprint density at radius 1 is 1.21 bits per heavy atom. The van der Waals surface area contributed by atoms with Gasteiger partial charge in [-0.25, -0.2) is 14.4 Å². The lowest BCUT2D eigenvalue weighted by Crippen LogP contribution is -2.52. The Morgan fingerprint density at radius 3 is 2.64 bits per heavy atom. The van der Waals surface area contributed by atoms with Crippen LogP contribution in [0.4, 0.5) is 10.1 Å². The minimum atomic E-state index is -0.168. The third-order valence-electron chi connectivity index (χ3n) is 4.53. The molecule has 1 saturated heterocycles. The van der Waals surface area contributed by atoms with Gasteiger partial charge in [0.2, 0.25) is 5.88 Å². The van der Waals surface area contributed by atoms with Gasteiger partial charge in [-0.3, -0.25) is 0 Å². The fourth-order valence-corrected chi connectivity index (χ4v) is 3.12. The number of para-hydroxylation sites is 1. The minimum Gasteiger partial charge on any atom is -0.481 e. The zero-order valence-electron chi connectivity index (χ0n) is 16.3. The van der Waals surface area contributed by atoms with Crippen LogP contribution in [0.2, 0.25) is 0 Å². The Balaban J connectivity index is 0.00000280. The van der Waals surface area contributed by atoms with Gasteiger partial charge in [-0.15, -0.1) is 24.0 Å². The van der Waals surface area contributed by atoms with Gasteiger partial charge >= 0.3 is 0 Å². The van der Waals surface area contributed by atoms with E-state index in [1.165, 1.54) is 6.07 Å². The van der Waals surface area contributed by atoms with Crippen LogP contribution in [0.1, 0.15) is 12.5 Å². The van der Waals surface area contributed by atoms with Gasteiger partial charge in [0.05, 0.1) is 19.3 Å². The Labute approximate surface area is 182 Å². The molecule has 1 fully saturated rings. The average Bonchev–Trinajstić information content (AvgIpc) is 2.72. The second-order valence-electron chi connectivity index (χ2n) is 6.30. The summed E-state index contributed by atoms with van der Waals surface area (Å²) in [5.74, 6) is 1.30. The fourth-order valence-electron chi connectivity index (χ4n) is 3.12. The SMILES string of the molecule is CCNC(=NCc1ccnc(OC)c1)N1CCN(c2ccccc2F)CC1.I. The van der Waals surface area contributed by atoms with Crippen molar-refractivity contribution < 1.29 is 9.13 Å². The smallest absolute Gasteiger partial charge is 0.213 e. The molecule has 1 aliphatic rings. The van der Waals surface area contributed by atoms with Crippen LogP contribution in [0.5, 0.6) is 5.88 Å². The van der Waals surface area contributed by atoms with E-state index in [2.05, 4.69) is 27.0 Å². The standard InChI is InChI=1S/C20H26FN5O.HI/c1-3-22-20(24-15-16-8-9-23-19(14-16)27-2)26-12-10-25(11-13-26)18-7-5-4-6-17(18)21;/h4-9,14H,3,10-13,15H2,1-2H3,(H,22,24);1H. The first-order valence-electron chi connectivity index (χ1n) is 9.23. The number of ether oxygens (including phenoxy) is 1. The maximum absolute atomic E-state index is 14.0. The number of hydrogen-bond acceptors (Lipinski definition) is 4. The van der Waals surface area contributed by atoms with Crippen molar-refractivity contribution >= 4 is 35.6 Å². The molecule has 0 atom stereocenters. The van der Waals surface area contributed by atoms with Gasteiger partial charge in [0.25, 0.3) is 0 Å². The molecule has 28 heavy (non-hydrogen) atoms. The third kappa shape index (κ3) is 5.70. The van der Waals surface area contributed by atoms with E-state index in [0.29, 0.717) is 18.1 Å². The number of pyridine rings is 1. The van der Waals surface area contributed by atoms with Gasteiger partial charge < -0.3 is 19.9 Å². The third-order valence-corrected chi connectivity index (χ3v) is 4.53. The molecule has 0 bridgehead atoms. The summed E-state index contributed by atoms with van der Waals surface area (Å²) < 4.78 is 19.2. The largest absolute Gasteiger partial charge is 0.481 e. The summed E-state index contributed by atoms with van der Waals surface area (Å²) in [6.45, 7) is 6.50. The van der Waals surface area contributed by atoms with E-state index in [1.807, 2.05) is 24.3 Å². The van der Waals surface area contributed by atoms with Crippen molar-refractivity contribution in [2.24, 2.45) is 4.99 Å². The number of guanidine groups is 1. The van der Waals surface area contributed by atoms with Crippen molar-refractivity contribution in [3.05, 3.63) is 54.0 Å². The van der Waals surface area contributed by atoms with Crippen LogP contribution >= 0.6 is 24.0 Å². The molecule has 2 aromatic rings. The van der Waals surface area contributed by atoms with Gasteiger partial charge in [-0.05, 0) is 30.7 Å². The summed E-state index contributed by atoms with van der Waals surface area (Å²) >= 11 is 0. The fraction of sp³-hybridized carbons (Fsp3) is 0.400. The van der Waals surface area contributed by atoms with Crippen molar-refractivity contribution in [3.8, 4) is 5.88 Å². The summed E-state index contributed by atoms with van der Waals surface area (Å²) in [4.78, 5) is 13.2. The zero-order chi connectivity index (χ0) is 19.1. The molecular formula is C20H27FIN5O. The molecule has 1 aliphatic heterocycles. The Hall–Kier alpha value is -2.10. The summed E-state index contributed by atoms with van der Waals surface area (Å²) in [5, 5.41) is 3.35. The highest BCUT2D eigenvalue weighted by Crippen LogP contribution is 2.20. The number of halogens is 2. The number of nitrogens with one attached hydrogen (secondary N) is 1. The highest BCUT2D eigenvalue weighted by atomic mass is 127. The lowest BCUT2D eigenvalue weighted by atomic mass is 10.2. The Kier molecular flexibility index (Phi) is 8.75. The molecule has 152 valence electrons. The van der Waals surface area contributed by atoms with E-state index < -0.39 is 0 Å². The first-order valence-corrected chi connectivity index (χ1v) is 9.23. The predicted molar refractivity (Wildman–Crippen MR) is 121 cm³/mol. The van der Waals surface area contributed by atoms with Crippen molar-refractivity contribution in [3.63, 3.8) is 0 Å². The molecule has 0 radical (unpaired) electrons. The normalized spacial score (nSPS) is 14.5. The van der Waals surface area contributed by atoms with Gasteiger partial charge in [0.15, 0.2) is 5.96 Å². The maximum atomic E-state index is 14.0. The molecule has 8 heteroatoms. The van der Waals surface area contributed by atoms with Crippen LogP contribution in [0.25, 0.3) is 0 Å². The van der Waals surface area contributed by atoms with Crippen LogP contribution in [-0.4, -0.2) is 55.7 Å². The zero-order valence-corrected chi connectivity index (χ0v) is 18.6. The molecule has 1 N–H and O–H groups in total. The second kappa shape index (κ2) is 11.0. The number of rotatable bonds is 5. The summed E-state index contributed by atoms with van der Waals surface area (Å²) in [6, 6.07) is 10.8. The number of nitrogens with zero attached hydrogens (tertiary/aromatic N) is 4. The number of piperazine rings is 1. The number of aliphatic imine (C=N–C) groups is 1. The van der Waals surface area contributed by atoms with E-state index in [1.54, 1.807) is 19.4 Å². The summed E-state index contributed by atoms with van der Waals surface area (Å²) in [5.41, 5.74) is 1.71. The van der Waals surface area contributed by atoms with Crippen molar-refractivity contribution in [2.45, 2.75) is 13.5 Å². The molecule has 1 aromatic heterocycles. The molecule has 0 spiro atoms. The molecular weight excluding hydrogens is 472 g/mol. The van der Waals surface area contributed by atoms with Gasteiger partial charge in [0.1, 0.15) is 5.82 Å².